The lowest BCUT2D eigenvalue weighted by Gasteiger charge is -2.32. The lowest BCUT2D eigenvalue weighted by molar-refractivity contribution is -0.136. The standard InChI is InChI=1S/C15H30N2O2/c1-3-4-5-6-7-10-16-14-8-11-17(12-9-14)15(18)13-19-2/h14,16H,3-13H2,1-2H3. The Morgan fingerprint density at radius 1 is 1.21 bits per heavy atom. The highest BCUT2D eigenvalue weighted by molar-refractivity contribution is 5.77. The van der Waals surface area contributed by atoms with Crippen LogP contribution in [-0.2, 0) is 9.53 Å². The highest BCUT2D eigenvalue weighted by Crippen LogP contribution is 2.11. The van der Waals surface area contributed by atoms with E-state index in [1.165, 1.54) is 32.1 Å². The van der Waals surface area contributed by atoms with Gasteiger partial charge in [0.2, 0.25) is 5.91 Å². The Labute approximate surface area is 117 Å². The van der Waals surface area contributed by atoms with E-state index < -0.39 is 0 Å². The van der Waals surface area contributed by atoms with Gasteiger partial charge in [0.25, 0.3) is 0 Å². The van der Waals surface area contributed by atoms with Crippen LogP contribution in [0.15, 0.2) is 0 Å². The van der Waals surface area contributed by atoms with Crippen LogP contribution in [0, 0.1) is 0 Å². The van der Waals surface area contributed by atoms with E-state index in [4.69, 9.17) is 4.74 Å². The number of amides is 1. The first-order valence-corrected chi connectivity index (χ1v) is 7.78. The average Bonchev–Trinajstić information content (AvgIpc) is 2.43. The van der Waals surface area contributed by atoms with Gasteiger partial charge in [-0.2, -0.15) is 0 Å². The van der Waals surface area contributed by atoms with Crippen LogP contribution >= 0.6 is 0 Å². The molecule has 4 heteroatoms. The summed E-state index contributed by atoms with van der Waals surface area (Å²) in [6.07, 6.45) is 8.80. The molecule has 0 saturated carbocycles. The maximum atomic E-state index is 11.6. The molecule has 1 rings (SSSR count). The monoisotopic (exact) mass is 270 g/mol. The third-order valence-corrected chi connectivity index (χ3v) is 3.83. The van der Waals surface area contributed by atoms with E-state index in [9.17, 15) is 4.79 Å². The fraction of sp³-hybridized carbons (Fsp3) is 0.933. The van der Waals surface area contributed by atoms with Crippen molar-refractivity contribution in [2.45, 2.75) is 57.9 Å². The number of carbonyl (C=O) groups excluding carboxylic acids is 1. The molecular weight excluding hydrogens is 240 g/mol. The lowest BCUT2D eigenvalue weighted by atomic mass is 10.0. The van der Waals surface area contributed by atoms with Crippen LogP contribution < -0.4 is 5.32 Å². The molecule has 0 unspecified atom stereocenters. The van der Waals surface area contributed by atoms with Crippen molar-refractivity contribution >= 4 is 5.91 Å². The highest BCUT2D eigenvalue weighted by Gasteiger charge is 2.21. The number of carbonyl (C=O) groups is 1. The van der Waals surface area contributed by atoms with Gasteiger partial charge < -0.3 is 15.0 Å². The van der Waals surface area contributed by atoms with Gasteiger partial charge in [-0.05, 0) is 25.8 Å². The van der Waals surface area contributed by atoms with E-state index in [2.05, 4.69) is 12.2 Å². The van der Waals surface area contributed by atoms with E-state index >= 15 is 0 Å². The normalized spacial score (nSPS) is 16.8. The first-order valence-electron chi connectivity index (χ1n) is 7.78. The number of rotatable bonds is 9. The second kappa shape index (κ2) is 10.2. The molecule has 1 saturated heterocycles. The minimum atomic E-state index is 0.125. The van der Waals surface area contributed by atoms with Gasteiger partial charge in [0.15, 0.2) is 0 Å². The first-order chi connectivity index (χ1) is 9.27. The predicted molar refractivity (Wildman–Crippen MR) is 78.2 cm³/mol. The number of ether oxygens (including phenoxy) is 1. The Morgan fingerprint density at radius 2 is 1.89 bits per heavy atom. The molecule has 0 aromatic carbocycles. The summed E-state index contributed by atoms with van der Waals surface area (Å²) in [7, 11) is 1.57. The summed E-state index contributed by atoms with van der Waals surface area (Å²) in [4.78, 5) is 13.6. The maximum absolute atomic E-state index is 11.6. The quantitative estimate of drug-likeness (QED) is 0.653. The Morgan fingerprint density at radius 3 is 2.53 bits per heavy atom. The summed E-state index contributed by atoms with van der Waals surface area (Å²) in [6.45, 7) is 5.33. The van der Waals surface area contributed by atoms with Crippen LogP contribution in [-0.4, -0.2) is 50.2 Å². The summed E-state index contributed by atoms with van der Waals surface area (Å²) in [5.41, 5.74) is 0. The van der Waals surface area contributed by atoms with Gasteiger partial charge in [-0.3, -0.25) is 4.79 Å². The zero-order valence-corrected chi connectivity index (χ0v) is 12.6. The van der Waals surface area contributed by atoms with Crippen molar-refractivity contribution in [1.29, 1.82) is 0 Å². The van der Waals surface area contributed by atoms with E-state index in [0.29, 0.717) is 6.04 Å². The molecule has 4 nitrogen and oxygen atoms in total. The van der Waals surface area contributed by atoms with Crippen LogP contribution in [0.5, 0.6) is 0 Å². The smallest absolute Gasteiger partial charge is 0.248 e. The second-order valence-corrected chi connectivity index (χ2v) is 5.46. The van der Waals surface area contributed by atoms with Crippen molar-refractivity contribution in [3.05, 3.63) is 0 Å². The first kappa shape index (κ1) is 16.4. The molecule has 112 valence electrons. The van der Waals surface area contributed by atoms with E-state index in [0.717, 1.165) is 32.5 Å². The molecule has 1 aliphatic rings. The summed E-state index contributed by atoms with van der Waals surface area (Å²) < 4.78 is 4.89. The third-order valence-electron chi connectivity index (χ3n) is 3.83. The van der Waals surface area contributed by atoms with Crippen molar-refractivity contribution in [2.75, 3.05) is 33.4 Å². The number of likely N-dealkylation sites (tertiary alicyclic amines) is 1. The number of hydrogen-bond donors (Lipinski definition) is 1. The molecule has 1 aliphatic heterocycles. The number of unbranched alkanes of at least 4 members (excludes halogenated alkanes) is 4. The molecule has 1 heterocycles. The number of nitrogens with zero attached hydrogens (tertiary/aromatic N) is 1. The van der Waals surface area contributed by atoms with E-state index in [1.54, 1.807) is 7.11 Å². The topological polar surface area (TPSA) is 41.6 Å². The van der Waals surface area contributed by atoms with Crippen LogP contribution in [0.1, 0.15) is 51.9 Å². The summed E-state index contributed by atoms with van der Waals surface area (Å²) in [5.74, 6) is 0.125. The van der Waals surface area contributed by atoms with E-state index in [1.807, 2.05) is 4.90 Å². The SMILES string of the molecule is CCCCCCCNC1CCN(C(=O)COC)CC1. The van der Waals surface area contributed by atoms with Crippen LogP contribution in [0.25, 0.3) is 0 Å². The van der Waals surface area contributed by atoms with Crippen molar-refractivity contribution in [3.63, 3.8) is 0 Å². The molecule has 0 aromatic rings. The van der Waals surface area contributed by atoms with Gasteiger partial charge in [-0.25, -0.2) is 0 Å². The fourth-order valence-corrected chi connectivity index (χ4v) is 2.58. The Kier molecular flexibility index (Phi) is 8.84. The van der Waals surface area contributed by atoms with Gasteiger partial charge in [0.1, 0.15) is 6.61 Å². The molecule has 1 amide bonds. The molecule has 0 spiro atoms. The summed E-state index contributed by atoms with van der Waals surface area (Å²) >= 11 is 0. The minimum Gasteiger partial charge on any atom is -0.375 e. The maximum Gasteiger partial charge on any atom is 0.248 e. The molecular formula is C15H30N2O2. The number of methoxy groups -OCH3 is 1. The van der Waals surface area contributed by atoms with Crippen molar-refractivity contribution in [3.8, 4) is 0 Å². The second-order valence-electron chi connectivity index (χ2n) is 5.46. The lowest BCUT2D eigenvalue weighted by Crippen LogP contribution is -2.46. The predicted octanol–water partition coefficient (Wildman–Crippen LogP) is 2.18. The molecule has 0 radical (unpaired) electrons. The van der Waals surface area contributed by atoms with Crippen LogP contribution in [0.3, 0.4) is 0 Å². The van der Waals surface area contributed by atoms with Crippen molar-refractivity contribution < 1.29 is 9.53 Å². The molecule has 0 aromatic heterocycles. The number of piperidine rings is 1. The Balaban J connectivity index is 2.02. The van der Waals surface area contributed by atoms with Gasteiger partial charge in [0.05, 0.1) is 0 Å². The van der Waals surface area contributed by atoms with Gasteiger partial charge >= 0.3 is 0 Å². The molecule has 0 aliphatic carbocycles. The largest absolute Gasteiger partial charge is 0.375 e. The molecule has 0 bridgehead atoms. The van der Waals surface area contributed by atoms with Crippen molar-refractivity contribution in [2.24, 2.45) is 0 Å². The van der Waals surface area contributed by atoms with Crippen molar-refractivity contribution in [1.82, 2.24) is 10.2 Å². The van der Waals surface area contributed by atoms with Gasteiger partial charge in [0, 0.05) is 26.2 Å². The van der Waals surface area contributed by atoms with Crippen LogP contribution in [0.4, 0.5) is 0 Å². The zero-order valence-electron chi connectivity index (χ0n) is 12.6. The fourth-order valence-electron chi connectivity index (χ4n) is 2.58. The Bertz CT molecular complexity index is 238. The van der Waals surface area contributed by atoms with E-state index in [-0.39, 0.29) is 12.5 Å². The minimum absolute atomic E-state index is 0.125. The number of hydrogen-bond acceptors (Lipinski definition) is 3. The summed E-state index contributed by atoms with van der Waals surface area (Å²) in [6, 6.07) is 0.595. The van der Waals surface area contributed by atoms with Crippen LogP contribution in [0.2, 0.25) is 0 Å². The molecule has 1 fully saturated rings. The summed E-state index contributed by atoms with van der Waals surface area (Å²) in [5, 5.41) is 3.62. The molecule has 0 atom stereocenters. The number of nitrogens with one attached hydrogen (secondary N) is 1. The highest BCUT2D eigenvalue weighted by atomic mass is 16.5. The third kappa shape index (κ3) is 6.92. The Hall–Kier alpha value is -0.610. The molecule has 19 heavy (non-hydrogen) atoms. The van der Waals surface area contributed by atoms with Gasteiger partial charge in [-0.1, -0.05) is 32.6 Å². The zero-order chi connectivity index (χ0) is 13.9. The average molecular weight is 270 g/mol. The molecule has 1 N–H and O–H groups in total. The van der Waals surface area contributed by atoms with Gasteiger partial charge in [-0.15, -0.1) is 0 Å².